The van der Waals surface area contributed by atoms with E-state index in [0.717, 1.165) is 18.3 Å². The second-order valence-corrected chi connectivity index (χ2v) is 4.56. The molecule has 2 heterocycles. The lowest BCUT2D eigenvalue weighted by molar-refractivity contribution is -0.118. The zero-order chi connectivity index (χ0) is 9.80. The fraction of sp³-hybridized carbons (Fsp3) is 0.778. The average molecular weight is 213 g/mol. The molecule has 78 valence electrons. The standard InChI is InChI=1S/C9H15N3OS/c13-8-7-14-9(11-10-8)12-5-3-1-2-4-6-12/h1-7H2,(H,10,13). The molecular weight excluding hydrogens is 198 g/mol. The van der Waals surface area contributed by atoms with Gasteiger partial charge in [-0.2, -0.15) is 0 Å². The van der Waals surface area contributed by atoms with Crippen LogP contribution in [0.25, 0.3) is 0 Å². The Hall–Kier alpha value is -0.710. The summed E-state index contributed by atoms with van der Waals surface area (Å²) in [7, 11) is 0. The summed E-state index contributed by atoms with van der Waals surface area (Å²) in [5.74, 6) is 0.517. The van der Waals surface area contributed by atoms with Gasteiger partial charge < -0.3 is 4.90 Å². The van der Waals surface area contributed by atoms with Gasteiger partial charge in [0.05, 0.1) is 5.75 Å². The molecule has 0 radical (unpaired) electrons. The van der Waals surface area contributed by atoms with Gasteiger partial charge in [-0.1, -0.05) is 24.6 Å². The van der Waals surface area contributed by atoms with Gasteiger partial charge in [0.1, 0.15) is 0 Å². The first-order valence-electron chi connectivity index (χ1n) is 5.10. The minimum Gasteiger partial charge on any atom is -0.350 e. The summed E-state index contributed by atoms with van der Waals surface area (Å²) in [6.45, 7) is 2.17. The normalized spacial score (nSPS) is 23.9. The minimum absolute atomic E-state index is 0.00794. The fourth-order valence-electron chi connectivity index (χ4n) is 1.73. The van der Waals surface area contributed by atoms with Crippen molar-refractivity contribution >= 4 is 22.8 Å². The highest BCUT2D eigenvalue weighted by Crippen LogP contribution is 2.17. The van der Waals surface area contributed by atoms with Gasteiger partial charge >= 0.3 is 0 Å². The predicted molar refractivity (Wildman–Crippen MR) is 58.1 cm³/mol. The van der Waals surface area contributed by atoms with Crippen LogP contribution < -0.4 is 5.43 Å². The lowest BCUT2D eigenvalue weighted by Gasteiger charge is -2.25. The molecule has 0 aromatic rings. The van der Waals surface area contributed by atoms with Crippen LogP contribution in [-0.2, 0) is 4.79 Å². The quantitative estimate of drug-likeness (QED) is 0.653. The van der Waals surface area contributed by atoms with E-state index in [0.29, 0.717) is 5.75 Å². The summed E-state index contributed by atoms with van der Waals surface area (Å²) in [5, 5.41) is 5.07. The van der Waals surface area contributed by atoms with E-state index in [4.69, 9.17) is 0 Å². The SMILES string of the molecule is O=C1CSC(N2CCCCCC2)=NN1. The molecule has 0 unspecified atom stereocenters. The van der Waals surface area contributed by atoms with E-state index < -0.39 is 0 Å². The number of thioether (sulfide) groups is 1. The molecule has 0 aromatic carbocycles. The predicted octanol–water partition coefficient (Wildman–Crippen LogP) is 0.996. The van der Waals surface area contributed by atoms with E-state index in [-0.39, 0.29) is 5.91 Å². The number of rotatable bonds is 0. The zero-order valence-corrected chi connectivity index (χ0v) is 8.98. The second kappa shape index (κ2) is 4.68. The van der Waals surface area contributed by atoms with Gasteiger partial charge in [0.15, 0.2) is 5.17 Å². The maximum absolute atomic E-state index is 10.9. The molecule has 0 saturated carbocycles. The molecule has 1 fully saturated rings. The molecule has 0 atom stereocenters. The fourth-order valence-corrected chi connectivity index (χ4v) is 2.53. The summed E-state index contributed by atoms with van der Waals surface area (Å²) < 4.78 is 0. The van der Waals surface area contributed by atoms with Crippen LogP contribution in [0, 0.1) is 0 Å². The molecule has 1 N–H and O–H groups in total. The number of amidine groups is 1. The number of nitrogens with one attached hydrogen (secondary N) is 1. The molecule has 0 bridgehead atoms. The number of likely N-dealkylation sites (tertiary alicyclic amines) is 1. The smallest absolute Gasteiger partial charge is 0.250 e. The van der Waals surface area contributed by atoms with Crippen molar-refractivity contribution in [1.82, 2.24) is 10.3 Å². The molecule has 1 saturated heterocycles. The highest BCUT2D eigenvalue weighted by Gasteiger charge is 2.19. The van der Waals surface area contributed by atoms with E-state index in [2.05, 4.69) is 15.4 Å². The van der Waals surface area contributed by atoms with Gasteiger partial charge in [0, 0.05) is 13.1 Å². The van der Waals surface area contributed by atoms with Crippen LogP contribution in [0.5, 0.6) is 0 Å². The summed E-state index contributed by atoms with van der Waals surface area (Å²) in [5.41, 5.74) is 2.54. The highest BCUT2D eigenvalue weighted by molar-refractivity contribution is 8.14. The maximum Gasteiger partial charge on any atom is 0.250 e. The Bertz CT molecular complexity index is 246. The minimum atomic E-state index is 0.00794. The monoisotopic (exact) mass is 213 g/mol. The summed E-state index contributed by atoms with van der Waals surface area (Å²) in [6.07, 6.45) is 5.13. The highest BCUT2D eigenvalue weighted by atomic mass is 32.2. The van der Waals surface area contributed by atoms with Crippen LogP contribution in [0.15, 0.2) is 5.10 Å². The van der Waals surface area contributed by atoms with Crippen molar-refractivity contribution in [3.63, 3.8) is 0 Å². The van der Waals surface area contributed by atoms with Gasteiger partial charge in [0.25, 0.3) is 5.91 Å². The molecule has 2 aliphatic rings. The van der Waals surface area contributed by atoms with E-state index in [1.165, 1.54) is 25.7 Å². The number of carbonyl (C=O) groups is 1. The molecule has 2 rings (SSSR count). The number of hydrogen-bond acceptors (Lipinski definition) is 4. The van der Waals surface area contributed by atoms with Crippen LogP contribution in [0.1, 0.15) is 25.7 Å². The Balaban J connectivity index is 1.95. The van der Waals surface area contributed by atoms with Gasteiger partial charge in [-0.25, -0.2) is 5.43 Å². The van der Waals surface area contributed by atoms with Gasteiger partial charge in [0.2, 0.25) is 0 Å². The largest absolute Gasteiger partial charge is 0.350 e. The first-order chi connectivity index (χ1) is 6.86. The number of nitrogens with zero attached hydrogens (tertiary/aromatic N) is 2. The maximum atomic E-state index is 10.9. The van der Waals surface area contributed by atoms with Crippen LogP contribution in [0.2, 0.25) is 0 Å². The van der Waals surface area contributed by atoms with Crippen molar-refractivity contribution in [2.75, 3.05) is 18.8 Å². The Morgan fingerprint density at radius 1 is 1.21 bits per heavy atom. The van der Waals surface area contributed by atoms with Gasteiger partial charge in [-0.05, 0) is 12.8 Å². The first kappa shape index (κ1) is 9.83. The molecule has 0 spiro atoms. The molecule has 14 heavy (non-hydrogen) atoms. The summed E-state index contributed by atoms with van der Waals surface area (Å²) in [6, 6.07) is 0. The molecule has 0 aromatic heterocycles. The first-order valence-corrected chi connectivity index (χ1v) is 6.09. The average Bonchev–Trinajstić information content (AvgIpc) is 2.47. The van der Waals surface area contributed by atoms with E-state index >= 15 is 0 Å². The second-order valence-electron chi connectivity index (χ2n) is 3.62. The molecule has 0 aliphatic carbocycles. The Morgan fingerprint density at radius 3 is 2.50 bits per heavy atom. The third kappa shape index (κ3) is 2.41. The van der Waals surface area contributed by atoms with Crippen LogP contribution >= 0.6 is 11.8 Å². The van der Waals surface area contributed by atoms with E-state index in [1.807, 2.05) is 0 Å². The number of carbonyl (C=O) groups excluding carboxylic acids is 1. The van der Waals surface area contributed by atoms with Crippen molar-refractivity contribution in [1.29, 1.82) is 0 Å². The summed E-state index contributed by atoms with van der Waals surface area (Å²) in [4.78, 5) is 13.2. The summed E-state index contributed by atoms with van der Waals surface area (Å²) >= 11 is 1.55. The van der Waals surface area contributed by atoms with Crippen molar-refractivity contribution in [2.24, 2.45) is 5.10 Å². The molecule has 2 aliphatic heterocycles. The van der Waals surface area contributed by atoms with Crippen molar-refractivity contribution in [3.05, 3.63) is 0 Å². The van der Waals surface area contributed by atoms with Crippen LogP contribution in [0.4, 0.5) is 0 Å². The van der Waals surface area contributed by atoms with E-state index in [1.54, 1.807) is 11.8 Å². The lowest BCUT2D eigenvalue weighted by Crippen LogP contribution is -2.37. The van der Waals surface area contributed by atoms with Crippen LogP contribution in [-0.4, -0.2) is 34.8 Å². The zero-order valence-electron chi connectivity index (χ0n) is 8.16. The van der Waals surface area contributed by atoms with E-state index in [9.17, 15) is 4.79 Å². The third-order valence-electron chi connectivity index (χ3n) is 2.49. The van der Waals surface area contributed by atoms with Gasteiger partial charge in [-0.3, -0.25) is 4.79 Å². The third-order valence-corrected chi connectivity index (χ3v) is 3.50. The van der Waals surface area contributed by atoms with Crippen molar-refractivity contribution < 1.29 is 4.79 Å². The van der Waals surface area contributed by atoms with Gasteiger partial charge in [-0.15, -0.1) is 5.10 Å². The molecular formula is C9H15N3OS. The Morgan fingerprint density at radius 2 is 1.93 bits per heavy atom. The Kier molecular flexibility index (Phi) is 3.29. The van der Waals surface area contributed by atoms with Crippen molar-refractivity contribution in [3.8, 4) is 0 Å². The number of hydrazone groups is 1. The lowest BCUT2D eigenvalue weighted by atomic mass is 10.2. The number of amides is 1. The van der Waals surface area contributed by atoms with Crippen LogP contribution in [0.3, 0.4) is 0 Å². The van der Waals surface area contributed by atoms with Crippen molar-refractivity contribution in [2.45, 2.75) is 25.7 Å². The molecule has 4 nitrogen and oxygen atoms in total. The Labute approximate surface area is 88.1 Å². The topological polar surface area (TPSA) is 44.7 Å². The molecule has 5 heteroatoms. The molecule has 1 amide bonds. The number of hydrogen-bond donors (Lipinski definition) is 1.